The highest BCUT2D eigenvalue weighted by molar-refractivity contribution is 9.10. The molecule has 0 saturated heterocycles. The normalized spacial score (nSPS) is 10.4. The minimum atomic E-state index is -0.453. The fraction of sp³-hybridized carbons (Fsp3) is 0.133. The minimum Gasteiger partial charge on any atom is -0.457 e. The van der Waals surface area contributed by atoms with Crippen LogP contribution in [0.15, 0.2) is 34.8 Å². The lowest BCUT2D eigenvalue weighted by Crippen LogP contribution is -2.12. The van der Waals surface area contributed by atoms with E-state index in [2.05, 4.69) is 15.9 Å². The van der Waals surface area contributed by atoms with Gasteiger partial charge in [-0.2, -0.15) is 0 Å². The zero-order valence-corrected chi connectivity index (χ0v) is 12.7. The Morgan fingerprint density at radius 3 is 2.35 bits per heavy atom. The second-order valence-electron chi connectivity index (χ2n) is 4.53. The number of nitrogen functional groups attached to an aromatic ring is 1. The van der Waals surface area contributed by atoms with Crippen molar-refractivity contribution in [2.75, 3.05) is 0 Å². The number of benzene rings is 2. The van der Waals surface area contributed by atoms with E-state index in [9.17, 15) is 4.39 Å². The van der Waals surface area contributed by atoms with Gasteiger partial charge in [0, 0.05) is 4.47 Å². The number of nitrogens with one attached hydrogen (secondary N) is 1. The van der Waals surface area contributed by atoms with Gasteiger partial charge in [0.1, 0.15) is 23.2 Å². The molecule has 20 heavy (non-hydrogen) atoms. The first-order valence-corrected chi connectivity index (χ1v) is 6.76. The van der Waals surface area contributed by atoms with Gasteiger partial charge in [0.15, 0.2) is 0 Å². The Morgan fingerprint density at radius 1 is 1.20 bits per heavy atom. The largest absolute Gasteiger partial charge is 0.457 e. The third-order valence-corrected chi connectivity index (χ3v) is 4.12. The van der Waals surface area contributed by atoms with Crippen molar-refractivity contribution in [3.05, 3.63) is 57.3 Å². The third kappa shape index (κ3) is 2.99. The smallest absolute Gasteiger partial charge is 0.138 e. The van der Waals surface area contributed by atoms with Crippen LogP contribution in [0.2, 0.25) is 0 Å². The van der Waals surface area contributed by atoms with Crippen LogP contribution in [0.3, 0.4) is 0 Å². The topological polar surface area (TPSA) is 59.1 Å². The molecule has 3 nitrogen and oxygen atoms in total. The van der Waals surface area contributed by atoms with Gasteiger partial charge in [0.05, 0.1) is 5.56 Å². The van der Waals surface area contributed by atoms with Crippen LogP contribution in [0.1, 0.15) is 16.7 Å². The predicted octanol–water partition coefficient (Wildman–Crippen LogP) is 4.28. The number of amidine groups is 1. The summed E-state index contributed by atoms with van der Waals surface area (Å²) in [6, 6.07) is 7.67. The minimum absolute atomic E-state index is 0.231. The van der Waals surface area contributed by atoms with E-state index in [-0.39, 0.29) is 11.4 Å². The summed E-state index contributed by atoms with van der Waals surface area (Å²) in [5, 5.41) is 7.48. The summed E-state index contributed by atoms with van der Waals surface area (Å²) in [6.45, 7) is 3.92. The maximum Gasteiger partial charge on any atom is 0.138 e. The summed E-state index contributed by atoms with van der Waals surface area (Å²) in [5.41, 5.74) is 7.76. The molecule has 2 aromatic rings. The van der Waals surface area contributed by atoms with Crippen LogP contribution in [0.5, 0.6) is 11.5 Å². The van der Waals surface area contributed by atoms with Crippen LogP contribution in [-0.2, 0) is 0 Å². The lowest BCUT2D eigenvalue weighted by atomic mass is 10.1. The van der Waals surface area contributed by atoms with Crippen molar-refractivity contribution in [3.8, 4) is 11.5 Å². The molecule has 0 aliphatic carbocycles. The molecule has 0 aliphatic rings. The molecule has 3 N–H and O–H groups in total. The summed E-state index contributed by atoms with van der Waals surface area (Å²) < 4.78 is 20.0. The lowest BCUT2D eigenvalue weighted by molar-refractivity contribution is 0.478. The molecule has 0 amide bonds. The Labute approximate surface area is 125 Å². The zero-order chi connectivity index (χ0) is 14.9. The van der Waals surface area contributed by atoms with Gasteiger partial charge in [0.25, 0.3) is 0 Å². The number of hydrogen-bond donors (Lipinski definition) is 2. The van der Waals surface area contributed by atoms with Gasteiger partial charge in [0.2, 0.25) is 0 Å². The fourth-order valence-corrected chi connectivity index (χ4v) is 2.12. The lowest BCUT2D eigenvalue weighted by Gasteiger charge is -2.12. The predicted molar refractivity (Wildman–Crippen MR) is 81.1 cm³/mol. The Morgan fingerprint density at radius 2 is 1.80 bits per heavy atom. The average Bonchev–Trinajstić information content (AvgIpc) is 2.37. The molecule has 0 fully saturated rings. The van der Waals surface area contributed by atoms with Gasteiger partial charge < -0.3 is 10.5 Å². The van der Waals surface area contributed by atoms with Crippen molar-refractivity contribution in [3.63, 3.8) is 0 Å². The van der Waals surface area contributed by atoms with Crippen molar-refractivity contribution in [1.29, 1.82) is 5.41 Å². The summed E-state index contributed by atoms with van der Waals surface area (Å²) in [6.07, 6.45) is 0. The average molecular weight is 337 g/mol. The number of hydrogen-bond acceptors (Lipinski definition) is 2. The van der Waals surface area contributed by atoms with Gasteiger partial charge in [-0.1, -0.05) is 15.9 Å². The van der Waals surface area contributed by atoms with Crippen LogP contribution in [0, 0.1) is 25.1 Å². The van der Waals surface area contributed by atoms with E-state index in [0.29, 0.717) is 11.5 Å². The first kappa shape index (κ1) is 14.5. The van der Waals surface area contributed by atoms with Crippen molar-refractivity contribution >= 4 is 21.8 Å². The standard InChI is InChI=1S/C15H14BrFN2O/c1-8-5-11(6-9(2)14(8)16)20-13-4-3-10(17)7-12(13)15(18)19/h3-7H,1-2H3,(H3,18,19). The molecule has 0 radical (unpaired) electrons. The van der Waals surface area contributed by atoms with Crippen molar-refractivity contribution in [1.82, 2.24) is 0 Å². The second kappa shape index (κ2) is 5.63. The Bertz CT molecular complexity index is 663. The molecule has 0 spiro atoms. The van der Waals surface area contributed by atoms with E-state index in [1.165, 1.54) is 18.2 Å². The maximum atomic E-state index is 13.2. The van der Waals surface area contributed by atoms with Gasteiger partial charge in [-0.15, -0.1) is 0 Å². The molecular weight excluding hydrogens is 323 g/mol. The molecule has 0 aromatic heterocycles. The molecule has 0 atom stereocenters. The second-order valence-corrected chi connectivity index (χ2v) is 5.32. The molecular formula is C15H14BrFN2O. The van der Waals surface area contributed by atoms with E-state index in [1.54, 1.807) is 0 Å². The van der Waals surface area contributed by atoms with Gasteiger partial charge in [-0.25, -0.2) is 4.39 Å². The molecule has 104 valence electrons. The Balaban J connectivity index is 2.42. The van der Waals surface area contributed by atoms with E-state index < -0.39 is 5.82 Å². The third-order valence-electron chi connectivity index (χ3n) is 2.87. The molecule has 5 heteroatoms. The maximum absolute atomic E-state index is 13.2. The van der Waals surface area contributed by atoms with Crippen LogP contribution >= 0.6 is 15.9 Å². The van der Waals surface area contributed by atoms with Crippen LogP contribution < -0.4 is 10.5 Å². The number of aryl methyl sites for hydroxylation is 2. The van der Waals surface area contributed by atoms with Crippen molar-refractivity contribution < 1.29 is 9.13 Å². The highest BCUT2D eigenvalue weighted by atomic mass is 79.9. The molecule has 0 bridgehead atoms. The van der Waals surface area contributed by atoms with Gasteiger partial charge >= 0.3 is 0 Å². The summed E-state index contributed by atoms with van der Waals surface area (Å²) in [4.78, 5) is 0. The molecule has 2 aromatic carbocycles. The zero-order valence-electron chi connectivity index (χ0n) is 11.1. The van der Waals surface area contributed by atoms with Gasteiger partial charge in [-0.3, -0.25) is 5.41 Å². The number of ether oxygens (including phenoxy) is 1. The fourth-order valence-electron chi connectivity index (χ4n) is 1.89. The van der Waals surface area contributed by atoms with E-state index >= 15 is 0 Å². The van der Waals surface area contributed by atoms with Crippen molar-refractivity contribution in [2.45, 2.75) is 13.8 Å². The first-order valence-electron chi connectivity index (χ1n) is 5.97. The first-order chi connectivity index (χ1) is 9.38. The molecule has 0 saturated carbocycles. The molecule has 0 heterocycles. The monoisotopic (exact) mass is 336 g/mol. The highest BCUT2D eigenvalue weighted by Gasteiger charge is 2.11. The molecule has 0 aliphatic heterocycles. The summed E-state index contributed by atoms with van der Waals surface area (Å²) in [7, 11) is 0. The van der Waals surface area contributed by atoms with Gasteiger partial charge in [-0.05, 0) is 55.3 Å². The van der Waals surface area contributed by atoms with E-state index in [4.69, 9.17) is 15.9 Å². The van der Waals surface area contributed by atoms with Crippen LogP contribution in [0.4, 0.5) is 4.39 Å². The summed E-state index contributed by atoms with van der Waals surface area (Å²) >= 11 is 3.49. The quantitative estimate of drug-likeness (QED) is 0.649. The molecule has 0 unspecified atom stereocenters. The SMILES string of the molecule is Cc1cc(Oc2ccc(F)cc2C(=N)N)cc(C)c1Br. The number of nitrogens with two attached hydrogens (primary N) is 1. The van der Waals surface area contributed by atoms with E-state index in [1.807, 2.05) is 26.0 Å². The number of halogens is 2. The summed E-state index contributed by atoms with van der Waals surface area (Å²) in [5.74, 6) is 0.299. The Kier molecular flexibility index (Phi) is 4.09. The van der Waals surface area contributed by atoms with E-state index in [0.717, 1.165) is 15.6 Å². The van der Waals surface area contributed by atoms with Crippen molar-refractivity contribution in [2.24, 2.45) is 5.73 Å². The Hall–Kier alpha value is -1.88. The molecule has 2 rings (SSSR count). The highest BCUT2D eigenvalue weighted by Crippen LogP contribution is 2.31. The van der Waals surface area contributed by atoms with Crippen LogP contribution in [-0.4, -0.2) is 5.84 Å². The van der Waals surface area contributed by atoms with Crippen LogP contribution in [0.25, 0.3) is 0 Å². The number of rotatable bonds is 3.